The Hall–Kier alpha value is -1.28. The zero-order valence-corrected chi connectivity index (χ0v) is 11.2. The highest BCUT2D eigenvalue weighted by atomic mass is 15.1. The normalized spacial score (nSPS) is 15.0. The molecule has 0 spiro atoms. The Bertz CT molecular complexity index is 350. The summed E-state index contributed by atoms with van der Waals surface area (Å²) in [6, 6.07) is 9.00. The largest absolute Gasteiger partial charge is 0.372 e. The predicted molar refractivity (Wildman–Crippen MR) is 79.0 cm³/mol. The lowest BCUT2D eigenvalue weighted by Crippen LogP contribution is -2.18. The monoisotopic (exact) mass is 244 g/mol. The van der Waals surface area contributed by atoms with Gasteiger partial charge in [0, 0.05) is 25.3 Å². The van der Waals surface area contributed by atoms with Gasteiger partial charge in [0.2, 0.25) is 0 Å². The standard InChI is InChI=1S/C16H24N2/c1-2-3-4-11-17-14-15-7-9-16(10-8-15)18-12-5-6-13-18/h2,7-10,17H,1,3-6,11-14H2. The van der Waals surface area contributed by atoms with Crippen LogP contribution in [0.3, 0.4) is 0 Å². The van der Waals surface area contributed by atoms with Crippen LogP contribution < -0.4 is 10.2 Å². The van der Waals surface area contributed by atoms with E-state index in [0.717, 1.165) is 19.5 Å². The Labute approximate surface area is 111 Å². The smallest absolute Gasteiger partial charge is 0.0366 e. The van der Waals surface area contributed by atoms with Gasteiger partial charge in [-0.25, -0.2) is 0 Å². The minimum Gasteiger partial charge on any atom is -0.372 e. The summed E-state index contributed by atoms with van der Waals surface area (Å²) in [6.45, 7) is 8.21. The molecule has 0 saturated carbocycles. The molecule has 0 aromatic heterocycles. The average Bonchev–Trinajstić information content (AvgIpc) is 2.93. The van der Waals surface area contributed by atoms with Crippen molar-refractivity contribution in [3.05, 3.63) is 42.5 Å². The average molecular weight is 244 g/mol. The van der Waals surface area contributed by atoms with Gasteiger partial charge in [0.05, 0.1) is 0 Å². The fourth-order valence-electron chi connectivity index (χ4n) is 2.40. The summed E-state index contributed by atoms with van der Waals surface area (Å²) in [6.07, 6.45) is 6.93. The summed E-state index contributed by atoms with van der Waals surface area (Å²) in [5.74, 6) is 0. The van der Waals surface area contributed by atoms with Crippen LogP contribution in [-0.2, 0) is 6.54 Å². The molecule has 1 aromatic carbocycles. The van der Waals surface area contributed by atoms with Gasteiger partial charge in [-0.15, -0.1) is 6.58 Å². The van der Waals surface area contributed by atoms with Crippen molar-refractivity contribution in [3.8, 4) is 0 Å². The molecular formula is C16H24N2. The maximum absolute atomic E-state index is 3.73. The third kappa shape index (κ3) is 3.88. The third-order valence-electron chi connectivity index (χ3n) is 3.50. The van der Waals surface area contributed by atoms with Crippen LogP contribution in [0.2, 0.25) is 0 Å². The third-order valence-corrected chi connectivity index (χ3v) is 3.50. The maximum atomic E-state index is 3.73. The number of unbranched alkanes of at least 4 members (excludes halogenated alkanes) is 1. The lowest BCUT2D eigenvalue weighted by atomic mass is 10.2. The second-order valence-corrected chi connectivity index (χ2v) is 4.97. The van der Waals surface area contributed by atoms with E-state index in [2.05, 4.69) is 41.1 Å². The van der Waals surface area contributed by atoms with Gasteiger partial charge in [-0.1, -0.05) is 18.2 Å². The first kappa shape index (κ1) is 13.2. The first-order valence-electron chi connectivity index (χ1n) is 7.05. The van der Waals surface area contributed by atoms with Gasteiger partial charge in [0.25, 0.3) is 0 Å². The topological polar surface area (TPSA) is 15.3 Å². The molecule has 2 heteroatoms. The zero-order chi connectivity index (χ0) is 12.6. The Morgan fingerprint density at radius 1 is 1.17 bits per heavy atom. The van der Waals surface area contributed by atoms with Gasteiger partial charge in [-0.05, 0) is 49.9 Å². The molecule has 1 heterocycles. The SMILES string of the molecule is C=CCCCNCc1ccc(N2CCCC2)cc1. The van der Waals surface area contributed by atoms with E-state index in [-0.39, 0.29) is 0 Å². The highest BCUT2D eigenvalue weighted by molar-refractivity contribution is 5.48. The molecule has 2 rings (SSSR count). The lowest BCUT2D eigenvalue weighted by Gasteiger charge is -2.17. The number of allylic oxidation sites excluding steroid dienone is 1. The molecule has 18 heavy (non-hydrogen) atoms. The number of nitrogens with zero attached hydrogens (tertiary/aromatic N) is 1. The van der Waals surface area contributed by atoms with E-state index in [9.17, 15) is 0 Å². The van der Waals surface area contributed by atoms with Crippen LogP contribution in [-0.4, -0.2) is 19.6 Å². The van der Waals surface area contributed by atoms with Crippen molar-refractivity contribution in [1.82, 2.24) is 5.32 Å². The molecule has 1 fully saturated rings. The fourth-order valence-corrected chi connectivity index (χ4v) is 2.40. The Kier molecular flexibility index (Phi) is 5.28. The van der Waals surface area contributed by atoms with Gasteiger partial charge >= 0.3 is 0 Å². The van der Waals surface area contributed by atoms with Crippen LogP contribution in [0.25, 0.3) is 0 Å². The lowest BCUT2D eigenvalue weighted by molar-refractivity contribution is 0.655. The summed E-state index contributed by atoms with van der Waals surface area (Å²) >= 11 is 0. The second-order valence-electron chi connectivity index (χ2n) is 4.97. The van der Waals surface area contributed by atoms with E-state index in [1.807, 2.05) is 6.08 Å². The van der Waals surface area contributed by atoms with E-state index in [1.165, 1.54) is 43.6 Å². The van der Waals surface area contributed by atoms with Crippen molar-refractivity contribution >= 4 is 5.69 Å². The minimum atomic E-state index is 0.970. The van der Waals surface area contributed by atoms with E-state index in [1.54, 1.807) is 0 Å². The van der Waals surface area contributed by atoms with E-state index < -0.39 is 0 Å². The molecule has 0 bridgehead atoms. The molecular weight excluding hydrogens is 220 g/mol. The number of rotatable bonds is 7. The quantitative estimate of drug-likeness (QED) is 0.584. The van der Waals surface area contributed by atoms with Crippen molar-refractivity contribution in [1.29, 1.82) is 0 Å². The fraction of sp³-hybridized carbons (Fsp3) is 0.500. The van der Waals surface area contributed by atoms with Crippen molar-refractivity contribution in [2.45, 2.75) is 32.2 Å². The molecule has 1 aliphatic heterocycles. The summed E-state index contributed by atoms with van der Waals surface area (Å²) in [5, 5.41) is 3.46. The van der Waals surface area contributed by atoms with Crippen molar-refractivity contribution in [2.75, 3.05) is 24.5 Å². The summed E-state index contributed by atoms with van der Waals surface area (Å²) < 4.78 is 0. The molecule has 1 aliphatic rings. The van der Waals surface area contributed by atoms with Crippen LogP contribution in [0.15, 0.2) is 36.9 Å². The van der Waals surface area contributed by atoms with Crippen LogP contribution in [0.1, 0.15) is 31.2 Å². The molecule has 1 saturated heterocycles. The van der Waals surface area contributed by atoms with Crippen LogP contribution >= 0.6 is 0 Å². The molecule has 2 nitrogen and oxygen atoms in total. The predicted octanol–water partition coefficient (Wildman–Crippen LogP) is 3.34. The molecule has 0 aliphatic carbocycles. The van der Waals surface area contributed by atoms with E-state index in [0.29, 0.717) is 0 Å². The first-order chi connectivity index (χ1) is 8.90. The molecule has 1 N–H and O–H groups in total. The van der Waals surface area contributed by atoms with Gasteiger partial charge in [0.15, 0.2) is 0 Å². The van der Waals surface area contributed by atoms with Gasteiger partial charge in [-0.2, -0.15) is 0 Å². The molecule has 0 radical (unpaired) electrons. The van der Waals surface area contributed by atoms with Crippen molar-refractivity contribution in [2.24, 2.45) is 0 Å². The molecule has 1 aromatic rings. The number of benzene rings is 1. The number of anilines is 1. The second kappa shape index (κ2) is 7.22. The molecule has 0 unspecified atom stereocenters. The number of nitrogens with one attached hydrogen (secondary N) is 1. The van der Waals surface area contributed by atoms with Crippen LogP contribution in [0.4, 0.5) is 5.69 Å². The maximum Gasteiger partial charge on any atom is 0.0366 e. The summed E-state index contributed by atoms with van der Waals surface area (Å²) in [4.78, 5) is 2.47. The Morgan fingerprint density at radius 2 is 1.89 bits per heavy atom. The highest BCUT2D eigenvalue weighted by Crippen LogP contribution is 2.20. The van der Waals surface area contributed by atoms with Crippen LogP contribution in [0, 0.1) is 0 Å². The van der Waals surface area contributed by atoms with Gasteiger partial charge in [-0.3, -0.25) is 0 Å². The highest BCUT2D eigenvalue weighted by Gasteiger charge is 2.11. The number of hydrogen-bond acceptors (Lipinski definition) is 2. The van der Waals surface area contributed by atoms with E-state index in [4.69, 9.17) is 0 Å². The molecule has 98 valence electrons. The summed E-state index contributed by atoms with van der Waals surface area (Å²) in [5.41, 5.74) is 2.75. The van der Waals surface area contributed by atoms with Gasteiger partial charge in [0.1, 0.15) is 0 Å². The molecule has 0 amide bonds. The zero-order valence-electron chi connectivity index (χ0n) is 11.2. The molecule has 0 atom stereocenters. The van der Waals surface area contributed by atoms with Gasteiger partial charge < -0.3 is 10.2 Å². The minimum absolute atomic E-state index is 0.970. The van der Waals surface area contributed by atoms with Crippen molar-refractivity contribution in [3.63, 3.8) is 0 Å². The van der Waals surface area contributed by atoms with Crippen LogP contribution in [0.5, 0.6) is 0 Å². The Morgan fingerprint density at radius 3 is 2.56 bits per heavy atom. The first-order valence-corrected chi connectivity index (χ1v) is 7.05. The van der Waals surface area contributed by atoms with Crippen molar-refractivity contribution < 1.29 is 0 Å². The summed E-state index contributed by atoms with van der Waals surface area (Å²) in [7, 11) is 0. The Balaban J connectivity index is 1.75. The van der Waals surface area contributed by atoms with E-state index >= 15 is 0 Å². The number of hydrogen-bond donors (Lipinski definition) is 1.